The van der Waals surface area contributed by atoms with E-state index in [1.807, 2.05) is 0 Å². The van der Waals surface area contributed by atoms with E-state index in [-0.39, 0.29) is 10.6 Å². The van der Waals surface area contributed by atoms with Crippen molar-refractivity contribution in [1.29, 1.82) is 0 Å². The molecule has 30 heavy (non-hydrogen) atoms. The summed E-state index contributed by atoms with van der Waals surface area (Å²) in [6, 6.07) is 0. The van der Waals surface area contributed by atoms with E-state index >= 15 is 0 Å². The van der Waals surface area contributed by atoms with Gasteiger partial charge in [0.05, 0.1) is 0 Å². The van der Waals surface area contributed by atoms with Crippen LogP contribution >= 0.6 is 0 Å². The third kappa shape index (κ3) is 8.55. The molecule has 1 saturated heterocycles. The summed E-state index contributed by atoms with van der Waals surface area (Å²) >= 11 is -2.19. The van der Waals surface area contributed by atoms with Crippen LogP contribution in [0, 0.1) is 5.92 Å². The summed E-state index contributed by atoms with van der Waals surface area (Å²) < 4.78 is 20.2. The fourth-order valence-corrected chi connectivity index (χ4v) is 20.0. The van der Waals surface area contributed by atoms with Crippen molar-refractivity contribution in [3.63, 3.8) is 0 Å². The predicted octanol–water partition coefficient (Wildman–Crippen LogP) is 8.75. The average molecular weight is 546 g/mol. The minimum absolute atomic E-state index is 0.0896. The molecule has 0 spiro atoms. The molecular formula is C26H54O2SiSn. The molecule has 4 heteroatoms. The van der Waals surface area contributed by atoms with E-state index in [1.165, 1.54) is 38.5 Å². The molecule has 1 aliphatic heterocycles. The number of ether oxygens (including phenoxy) is 1. The molecule has 0 saturated carbocycles. The molecule has 0 aliphatic carbocycles. The number of rotatable bonds is 15. The van der Waals surface area contributed by atoms with Gasteiger partial charge in [-0.05, 0) is 0 Å². The van der Waals surface area contributed by atoms with Crippen LogP contribution in [0.1, 0.15) is 93.9 Å². The van der Waals surface area contributed by atoms with Crippen LogP contribution in [-0.2, 0) is 9.16 Å². The molecule has 0 unspecified atom stereocenters. The van der Waals surface area contributed by atoms with E-state index < -0.39 is 26.7 Å². The van der Waals surface area contributed by atoms with Crippen LogP contribution in [0.4, 0.5) is 0 Å². The Balaban J connectivity index is 2.79. The molecular weight excluding hydrogens is 491 g/mol. The molecule has 0 aromatic heterocycles. The standard InChI is InChI=1S/C14H27O2Si.3C4H9.Sn/c1-9-11(2)12-14(6,16-12)10-15-17(7,8)13(3,4)5;3*1-3-4-2;/h1,9,11-12H,10H2,2-8H3;3*1,3-4H2,2H3;/t11-,12-,14-;;;;/m0..../s1. The van der Waals surface area contributed by atoms with Crippen molar-refractivity contribution in [3.8, 4) is 0 Å². The molecule has 0 aromatic rings. The maximum atomic E-state index is 6.51. The minimum atomic E-state index is -2.19. The second kappa shape index (κ2) is 12.2. The quantitative estimate of drug-likeness (QED) is 0.152. The van der Waals surface area contributed by atoms with E-state index in [4.69, 9.17) is 9.16 Å². The molecule has 1 aliphatic rings. The van der Waals surface area contributed by atoms with Gasteiger partial charge in [-0.25, -0.2) is 0 Å². The fourth-order valence-electron chi connectivity index (χ4n) is 4.24. The van der Waals surface area contributed by atoms with Gasteiger partial charge >= 0.3 is 196 Å². The zero-order valence-corrected chi connectivity index (χ0v) is 26.1. The Labute approximate surface area is 195 Å². The fraction of sp³-hybridized carbons (Fsp3) is 0.923. The van der Waals surface area contributed by atoms with Gasteiger partial charge in [0.25, 0.3) is 0 Å². The van der Waals surface area contributed by atoms with Gasteiger partial charge in [0, 0.05) is 0 Å². The van der Waals surface area contributed by atoms with Gasteiger partial charge in [-0.15, -0.1) is 0 Å². The topological polar surface area (TPSA) is 21.8 Å². The number of unbranched alkanes of at least 4 members (excludes halogenated alkanes) is 3. The van der Waals surface area contributed by atoms with Crippen LogP contribution < -0.4 is 0 Å². The van der Waals surface area contributed by atoms with Crippen LogP contribution in [-0.4, -0.2) is 45.0 Å². The van der Waals surface area contributed by atoms with Gasteiger partial charge in [0.15, 0.2) is 0 Å². The Kier molecular flexibility index (Phi) is 11.7. The Morgan fingerprint density at radius 2 is 1.47 bits per heavy atom. The molecule has 3 atom stereocenters. The Bertz CT molecular complexity index is 504. The van der Waals surface area contributed by atoms with Crippen LogP contribution in [0.25, 0.3) is 0 Å². The van der Waals surface area contributed by atoms with Crippen molar-refractivity contribution in [3.05, 3.63) is 10.2 Å². The summed E-state index contributed by atoms with van der Waals surface area (Å²) in [5.41, 5.74) is -0.0896. The third-order valence-electron chi connectivity index (χ3n) is 7.78. The van der Waals surface area contributed by atoms with Crippen molar-refractivity contribution in [2.45, 2.75) is 137 Å². The third-order valence-corrected chi connectivity index (χ3v) is 26.4. The molecule has 2 nitrogen and oxygen atoms in total. The van der Waals surface area contributed by atoms with Crippen molar-refractivity contribution in [1.82, 2.24) is 0 Å². The number of hydrogen-bond acceptors (Lipinski definition) is 2. The number of hydrogen-bond donors (Lipinski definition) is 0. The van der Waals surface area contributed by atoms with Crippen molar-refractivity contribution < 1.29 is 9.16 Å². The summed E-state index contributed by atoms with van der Waals surface area (Å²) in [6.45, 7) is 24.1. The summed E-state index contributed by atoms with van der Waals surface area (Å²) in [4.78, 5) is 0. The molecule has 0 aromatic carbocycles. The summed E-state index contributed by atoms with van der Waals surface area (Å²) in [7, 11) is -1.72. The zero-order valence-electron chi connectivity index (χ0n) is 22.2. The molecule has 1 heterocycles. The van der Waals surface area contributed by atoms with Gasteiger partial charge in [-0.2, -0.15) is 0 Å². The molecule has 1 fully saturated rings. The van der Waals surface area contributed by atoms with Crippen LogP contribution in [0.3, 0.4) is 0 Å². The van der Waals surface area contributed by atoms with Gasteiger partial charge in [-0.1, -0.05) is 0 Å². The Morgan fingerprint density at radius 3 is 1.87 bits per heavy atom. The second-order valence-corrected chi connectivity index (χ2v) is 29.6. The molecule has 1 rings (SSSR count). The normalized spacial score (nSPS) is 23.9. The molecule has 0 N–H and O–H groups in total. The maximum absolute atomic E-state index is 6.51. The molecule has 178 valence electrons. The van der Waals surface area contributed by atoms with Gasteiger partial charge in [-0.3, -0.25) is 0 Å². The first-order valence-electron chi connectivity index (χ1n) is 12.9. The molecule has 0 amide bonds. The van der Waals surface area contributed by atoms with Gasteiger partial charge < -0.3 is 0 Å². The molecule has 0 radical (unpaired) electrons. The van der Waals surface area contributed by atoms with Gasteiger partial charge in [0.1, 0.15) is 0 Å². The first kappa shape index (κ1) is 28.7. The van der Waals surface area contributed by atoms with Gasteiger partial charge in [0.2, 0.25) is 0 Å². The summed E-state index contributed by atoms with van der Waals surface area (Å²) in [5.74, 6) is 0.499. The van der Waals surface area contributed by atoms with E-state index in [9.17, 15) is 0 Å². The van der Waals surface area contributed by atoms with E-state index in [2.05, 4.69) is 78.7 Å². The van der Waals surface area contributed by atoms with Crippen LogP contribution in [0.5, 0.6) is 0 Å². The SMILES string of the molecule is CCC[CH2][Sn](/[CH]=C/[C@H](C)[C@@H]1O[C@@]1(C)CO[Si](C)(C)C(C)(C)C)([CH2]CCC)[CH2]CCC. The van der Waals surface area contributed by atoms with Crippen LogP contribution in [0.2, 0.25) is 31.4 Å². The van der Waals surface area contributed by atoms with E-state index in [1.54, 1.807) is 13.3 Å². The Morgan fingerprint density at radius 1 is 1.00 bits per heavy atom. The summed E-state index contributed by atoms with van der Waals surface area (Å²) in [6.07, 6.45) is 11.2. The zero-order chi connectivity index (χ0) is 23.1. The van der Waals surface area contributed by atoms with Crippen molar-refractivity contribution >= 4 is 26.7 Å². The first-order valence-corrected chi connectivity index (χ1v) is 23.5. The number of epoxide rings is 1. The second-order valence-electron chi connectivity index (χ2n) is 11.8. The predicted molar refractivity (Wildman–Crippen MR) is 140 cm³/mol. The molecule has 0 bridgehead atoms. The van der Waals surface area contributed by atoms with E-state index in [0.29, 0.717) is 12.0 Å². The summed E-state index contributed by atoms with van der Waals surface area (Å²) in [5, 5.41) is 0.255. The monoisotopic (exact) mass is 546 g/mol. The average Bonchev–Trinajstić information content (AvgIpc) is 3.36. The van der Waals surface area contributed by atoms with Crippen molar-refractivity contribution in [2.75, 3.05) is 6.61 Å². The van der Waals surface area contributed by atoms with E-state index in [0.717, 1.165) is 6.61 Å². The Hall–Kier alpha value is 0.676. The van der Waals surface area contributed by atoms with Crippen molar-refractivity contribution in [2.24, 2.45) is 5.92 Å². The van der Waals surface area contributed by atoms with Crippen LogP contribution in [0.15, 0.2) is 10.2 Å². The first-order chi connectivity index (χ1) is 13.9.